The number of nitrogens with zero attached hydrogens (tertiary/aromatic N) is 1. The van der Waals surface area contributed by atoms with Crippen LogP contribution in [0.25, 0.3) is 0 Å². The molecule has 4 nitrogen and oxygen atoms in total. The van der Waals surface area contributed by atoms with Gasteiger partial charge in [0.2, 0.25) is 5.90 Å². The Bertz CT molecular complexity index is 331. The molecule has 16 heavy (non-hydrogen) atoms. The fraction of sp³-hybridized carbons (Fsp3) is 0.667. The first-order valence-corrected chi connectivity index (χ1v) is 5.45. The third-order valence-electron chi connectivity index (χ3n) is 2.23. The van der Waals surface area contributed by atoms with Crippen LogP contribution in [-0.4, -0.2) is 30.1 Å². The van der Waals surface area contributed by atoms with Crippen LogP contribution < -0.4 is 0 Å². The highest BCUT2D eigenvalue weighted by Crippen LogP contribution is 2.20. The molecule has 1 unspecified atom stereocenters. The Balaban J connectivity index is 2.69. The lowest BCUT2D eigenvalue weighted by Crippen LogP contribution is -2.27. The van der Waals surface area contributed by atoms with Gasteiger partial charge in [-0.05, 0) is 27.2 Å². The molecule has 1 aliphatic heterocycles. The molecule has 0 aliphatic carbocycles. The van der Waals surface area contributed by atoms with E-state index in [1.54, 1.807) is 6.92 Å². The second kappa shape index (κ2) is 4.68. The van der Waals surface area contributed by atoms with Gasteiger partial charge in [0.15, 0.2) is 6.10 Å². The van der Waals surface area contributed by atoms with Crippen molar-refractivity contribution in [1.82, 2.24) is 0 Å². The van der Waals surface area contributed by atoms with Crippen molar-refractivity contribution >= 4 is 11.9 Å². The zero-order valence-corrected chi connectivity index (χ0v) is 10.4. The third-order valence-corrected chi connectivity index (χ3v) is 2.23. The average Bonchev–Trinajstić information content (AvgIpc) is 2.54. The second-order valence-electron chi connectivity index (χ2n) is 4.63. The number of ether oxygens (including phenoxy) is 2. The number of aliphatic imine (C=N–C) groups is 1. The maximum Gasteiger partial charge on any atom is 0.333 e. The van der Waals surface area contributed by atoms with Gasteiger partial charge in [0.25, 0.3) is 0 Å². The van der Waals surface area contributed by atoms with Crippen LogP contribution in [0.15, 0.2) is 17.1 Å². The number of carbonyl (C=O) groups is 1. The molecule has 0 radical (unpaired) electrons. The number of hydrogen-bond acceptors (Lipinski definition) is 4. The molecular weight excluding hydrogens is 206 g/mol. The summed E-state index contributed by atoms with van der Waals surface area (Å²) in [5, 5.41) is 0. The van der Waals surface area contributed by atoms with Crippen LogP contribution in [0.1, 0.15) is 34.1 Å². The number of rotatable bonds is 4. The molecule has 0 saturated carbocycles. The van der Waals surface area contributed by atoms with Crippen LogP contribution in [0.2, 0.25) is 0 Å². The Morgan fingerprint density at radius 2 is 2.31 bits per heavy atom. The van der Waals surface area contributed by atoms with Crippen molar-refractivity contribution in [3.8, 4) is 0 Å². The van der Waals surface area contributed by atoms with Crippen molar-refractivity contribution in [2.75, 3.05) is 6.61 Å². The zero-order valence-electron chi connectivity index (χ0n) is 10.4. The summed E-state index contributed by atoms with van der Waals surface area (Å²) in [5.41, 5.74) is 0.162. The minimum atomic E-state index is -0.400. The molecule has 4 heteroatoms. The lowest BCUT2D eigenvalue weighted by Gasteiger charge is -2.15. The summed E-state index contributed by atoms with van der Waals surface area (Å²) in [4.78, 5) is 15.8. The monoisotopic (exact) mass is 225 g/mol. The molecule has 0 saturated heterocycles. The normalized spacial score (nSPS) is 19.6. The predicted molar refractivity (Wildman–Crippen MR) is 62.5 cm³/mol. The van der Waals surface area contributed by atoms with E-state index >= 15 is 0 Å². The summed E-state index contributed by atoms with van der Waals surface area (Å²) < 4.78 is 10.7. The summed E-state index contributed by atoms with van der Waals surface area (Å²) in [6.45, 7) is 11.6. The minimum absolute atomic E-state index is 0.224. The molecular formula is C12H19NO3. The van der Waals surface area contributed by atoms with Crippen LogP contribution in [0.4, 0.5) is 0 Å². The van der Waals surface area contributed by atoms with Gasteiger partial charge in [0, 0.05) is 5.57 Å². The average molecular weight is 225 g/mol. The molecule has 90 valence electrons. The van der Waals surface area contributed by atoms with Gasteiger partial charge >= 0.3 is 5.97 Å². The van der Waals surface area contributed by atoms with Crippen LogP contribution in [0.5, 0.6) is 0 Å². The Labute approximate surface area is 96.3 Å². The van der Waals surface area contributed by atoms with Crippen LogP contribution in [0, 0.1) is 0 Å². The molecule has 0 N–H and O–H groups in total. The van der Waals surface area contributed by atoms with Crippen molar-refractivity contribution < 1.29 is 14.3 Å². The summed E-state index contributed by atoms with van der Waals surface area (Å²) in [6, 6.07) is 0. The van der Waals surface area contributed by atoms with Gasteiger partial charge in [-0.1, -0.05) is 13.5 Å². The van der Waals surface area contributed by atoms with Gasteiger partial charge in [-0.25, -0.2) is 9.79 Å². The number of hydrogen-bond donors (Lipinski definition) is 0. The highest BCUT2D eigenvalue weighted by molar-refractivity contribution is 5.91. The molecule has 0 fully saturated rings. The first kappa shape index (κ1) is 12.7. The SMILES string of the molecule is C=C(C)C(=O)OC(CC)C1=NC(C)(C)CO1. The fourth-order valence-electron chi connectivity index (χ4n) is 1.32. The highest BCUT2D eigenvalue weighted by Gasteiger charge is 2.32. The maximum absolute atomic E-state index is 11.4. The first-order valence-electron chi connectivity index (χ1n) is 5.45. The number of carbonyl (C=O) groups excluding carboxylic acids is 1. The van der Waals surface area contributed by atoms with Crippen LogP contribution in [-0.2, 0) is 14.3 Å². The molecule has 1 atom stereocenters. The minimum Gasteiger partial charge on any atom is -0.476 e. The fourth-order valence-corrected chi connectivity index (χ4v) is 1.32. The smallest absolute Gasteiger partial charge is 0.333 e. The van der Waals surface area contributed by atoms with Gasteiger partial charge in [0.05, 0.1) is 5.54 Å². The van der Waals surface area contributed by atoms with Crippen molar-refractivity contribution in [1.29, 1.82) is 0 Å². The van der Waals surface area contributed by atoms with E-state index in [1.807, 2.05) is 20.8 Å². The second-order valence-corrected chi connectivity index (χ2v) is 4.63. The molecule has 0 amide bonds. The number of esters is 1. The van der Waals surface area contributed by atoms with E-state index in [2.05, 4.69) is 11.6 Å². The molecule has 0 bridgehead atoms. The van der Waals surface area contributed by atoms with E-state index in [4.69, 9.17) is 9.47 Å². The highest BCUT2D eigenvalue weighted by atomic mass is 16.6. The van der Waals surface area contributed by atoms with Crippen LogP contribution in [0.3, 0.4) is 0 Å². The Kier molecular flexibility index (Phi) is 3.73. The van der Waals surface area contributed by atoms with Crippen LogP contribution >= 0.6 is 0 Å². The zero-order chi connectivity index (χ0) is 12.3. The predicted octanol–water partition coefficient (Wildman–Crippen LogP) is 2.09. The maximum atomic E-state index is 11.4. The summed E-state index contributed by atoms with van der Waals surface area (Å²) >= 11 is 0. The van der Waals surface area contributed by atoms with E-state index in [0.717, 1.165) is 0 Å². The quantitative estimate of drug-likeness (QED) is 0.543. The molecule has 0 spiro atoms. The molecule has 0 aromatic rings. The molecule has 1 heterocycles. The largest absolute Gasteiger partial charge is 0.476 e. The molecule has 1 aliphatic rings. The topological polar surface area (TPSA) is 47.9 Å². The van der Waals surface area contributed by atoms with E-state index in [9.17, 15) is 4.79 Å². The molecule has 0 aromatic carbocycles. The van der Waals surface area contributed by atoms with E-state index in [0.29, 0.717) is 24.5 Å². The van der Waals surface area contributed by atoms with E-state index < -0.39 is 12.1 Å². The molecule has 1 rings (SSSR count). The summed E-state index contributed by atoms with van der Waals surface area (Å²) in [6.07, 6.45) is 0.250. The van der Waals surface area contributed by atoms with Crippen molar-refractivity contribution in [2.24, 2.45) is 4.99 Å². The van der Waals surface area contributed by atoms with Gasteiger partial charge < -0.3 is 9.47 Å². The van der Waals surface area contributed by atoms with Gasteiger partial charge in [-0.3, -0.25) is 0 Å². The van der Waals surface area contributed by atoms with Gasteiger partial charge in [-0.15, -0.1) is 0 Å². The Morgan fingerprint density at radius 3 is 2.69 bits per heavy atom. The lowest BCUT2D eigenvalue weighted by molar-refractivity contribution is -0.141. The van der Waals surface area contributed by atoms with E-state index in [1.165, 1.54) is 0 Å². The standard InChI is InChI=1S/C12H19NO3/c1-6-9(16-11(14)8(2)3)10-13-12(4,5)7-15-10/h9H,2,6-7H2,1,3-5H3. The van der Waals surface area contributed by atoms with Crippen molar-refractivity contribution in [3.05, 3.63) is 12.2 Å². The van der Waals surface area contributed by atoms with Gasteiger partial charge in [0.1, 0.15) is 6.61 Å². The van der Waals surface area contributed by atoms with Crippen molar-refractivity contribution in [2.45, 2.75) is 45.8 Å². The molecule has 0 aromatic heterocycles. The summed E-state index contributed by atoms with van der Waals surface area (Å²) in [5.74, 6) is 0.116. The van der Waals surface area contributed by atoms with Crippen molar-refractivity contribution in [3.63, 3.8) is 0 Å². The van der Waals surface area contributed by atoms with E-state index in [-0.39, 0.29) is 5.54 Å². The third kappa shape index (κ3) is 3.08. The lowest BCUT2D eigenvalue weighted by atomic mass is 10.1. The Morgan fingerprint density at radius 1 is 1.69 bits per heavy atom. The van der Waals surface area contributed by atoms with Gasteiger partial charge in [-0.2, -0.15) is 0 Å². The Hall–Kier alpha value is -1.32. The first-order chi connectivity index (χ1) is 7.35. The summed E-state index contributed by atoms with van der Waals surface area (Å²) in [7, 11) is 0.